The van der Waals surface area contributed by atoms with Gasteiger partial charge in [-0.2, -0.15) is 18.6 Å². The van der Waals surface area contributed by atoms with Gasteiger partial charge in [-0.25, -0.2) is 4.68 Å². The Hall–Kier alpha value is -2.06. The molecule has 140 valence electrons. The Balaban J connectivity index is 0.00000169. The molecule has 0 saturated heterocycles. The number of rotatable bonds is 4. The molecule has 0 aliphatic rings. The predicted octanol–water partition coefficient (Wildman–Crippen LogP) is 2.52. The highest BCUT2D eigenvalue weighted by molar-refractivity contribution is 7.59. The lowest BCUT2D eigenvalue weighted by molar-refractivity contribution is -0.121. The van der Waals surface area contributed by atoms with E-state index in [2.05, 4.69) is 10.4 Å². The largest absolute Gasteiger partial charge is 0.394 e. The molecule has 1 amide bonds. The van der Waals surface area contributed by atoms with Crippen molar-refractivity contribution in [3.63, 3.8) is 0 Å². The maximum Gasteiger partial charge on any atom is 0.246 e. The highest BCUT2D eigenvalue weighted by Crippen LogP contribution is 2.23. The van der Waals surface area contributed by atoms with E-state index in [1.165, 1.54) is 6.92 Å². The van der Waals surface area contributed by atoms with Crippen molar-refractivity contribution in [3.05, 3.63) is 54.2 Å². The molecule has 1 aromatic heterocycles. The summed E-state index contributed by atoms with van der Waals surface area (Å²) < 4.78 is 1.83. The summed E-state index contributed by atoms with van der Waals surface area (Å²) >= 11 is 0. The van der Waals surface area contributed by atoms with Gasteiger partial charge in [-0.1, -0.05) is 12.1 Å². The maximum absolute atomic E-state index is 12.1. The molecule has 8 heteroatoms. The van der Waals surface area contributed by atoms with Crippen LogP contribution in [-0.4, -0.2) is 32.9 Å². The van der Waals surface area contributed by atoms with Gasteiger partial charge in [0.15, 0.2) is 0 Å². The van der Waals surface area contributed by atoms with E-state index < -0.39 is 18.1 Å². The smallest absolute Gasteiger partial charge is 0.246 e. The molecule has 0 aliphatic heterocycles. The minimum absolute atomic E-state index is 0. The topological polar surface area (TPSA) is 93.2 Å². The lowest BCUT2D eigenvalue weighted by atomic mass is 10.0. The van der Waals surface area contributed by atoms with E-state index in [9.17, 15) is 9.90 Å². The van der Waals surface area contributed by atoms with Crippen LogP contribution < -0.4 is 11.1 Å². The van der Waals surface area contributed by atoms with E-state index in [0.717, 1.165) is 22.2 Å². The van der Waals surface area contributed by atoms with Gasteiger partial charge >= 0.3 is 0 Å². The van der Waals surface area contributed by atoms with Crippen molar-refractivity contribution in [2.45, 2.75) is 19.4 Å². The standard InChI is InChI=1S/C18H20N4O2.ClH.H2S/c1-12-4-3-5-15(8-12)22-16-9-14(7-6-13(16)10-20-22)21-17(24)18(2,19)11-23;;/h3-10,23H,11,19H2,1-2H3,(H,21,24);1H;1H2/t18-;;/m1../s1. The molecule has 0 radical (unpaired) electrons. The van der Waals surface area contributed by atoms with Crippen molar-refractivity contribution in [2.24, 2.45) is 5.73 Å². The molecule has 0 spiro atoms. The van der Waals surface area contributed by atoms with Crippen LogP contribution in [0.2, 0.25) is 0 Å². The number of aromatic nitrogens is 2. The zero-order valence-electron chi connectivity index (χ0n) is 14.6. The molecule has 3 rings (SSSR count). The summed E-state index contributed by atoms with van der Waals surface area (Å²) in [5, 5.41) is 17.3. The summed E-state index contributed by atoms with van der Waals surface area (Å²) in [6, 6.07) is 13.5. The predicted molar refractivity (Wildman–Crippen MR) is 112 cm³/mol. The number of aliphatic hydroxyl groups excluding tert-OH is 1. The molecule has 0 unspecified atom stereocenters. The van der Waals surface area contributed by atoms with E-state index in [4.69, 9.17) is 5.73 Å². The molecule has 0 fully saturated rings. The number of benzene rings is 2. The number of carbonyl (C=O) groups excluding carboxylic acids is 1. The summed E-state index contributed by atoms with van der Waals surface area (Å²) in [4.78, 5) is 12.1. The van der Waals surface area contributed by atoms with E-state index in [1.807, 2.05) is 48.0 Å². The van der Waals surface area contributed by atoms with E-state index in [-0.39, 0.29) is 25.9 Å². The number of halogens is 1. The number of nitrogens with one attached hydrogen (secondary N) is 1. The Labute approximate surface area is 165 Å². The molecule has 26 heavy (non-hydrogen) atoms. The third-order valence-corrected chi connectivity index (χ3v) is 3.92. The monoisotopic (exact) mass is 394 g/mol. The third kappa shape index (κ3) is 4.37. The highest BCUT2D eigenvalue weighted by atomic mass is 35.5. The first-order valence-electron chi connectivity index (χ1n) is 7.67. The van der Waals surface area contributed by atoms with E-state index in [0.29, 0.717) is 5.69 Å². The van der Waals surface area contributed by atoms with E-state index in [1.54, 1.807) is 12.3 Å². The molecule has 1 atom stereocenters. The summed E-state index contributed by atoms with van der Waals surface area (Å²) in [5.74, 6) is -0.439. The Kier molecular flexibility index (Phi) is 7.23. The number of aliphatic hydroxyl groups is 1. The zero-order valence-corrected chi connectivity index (χ0v) is 16.4. The fourth-order valence-corrected chi connectivity index (χ4v) is 2.41. The number of amides is 1. The number of anilines is 1. The van der Waals surface area contributed by atoms with Crippen molar-refractivity contribution in [1.82, 2.24) is 9.78 Å². The quantitative estimate of drug-likeness (QED) is 0.633. The number of fused-ring (bicyclic) bond motifs is 1. The minimum Gasteiger partial charge on any atom is -0.394 e. The fourth-order valence-electron chi connectivity index (χ4n) is 2.41. The van der Waals surface area contributed by atoms with Crippen LogP contribution in [0.5, 0.6) is 0 Å². The van der Waals surface area contributed by atoms with Crippen molar-refractivity contribution in [3.8, 4) is 5.69 Å². The van der Waals surface area contributed by atoms with Crippen LogP contribution in [0.1, 0.15) is 12.5 Å². The Morgan fingerprint density at radius 2 is 2.04 bits per heavy atom. The molecule has 0 aliphatic carbocycles. The summed E-state index contributed by atoms with van der Waals surface area (Å²) in [7, 11) is 0. The highest BCUT2D eigenvalue weighted by Gasteiger charge is 2.27. The van der Waals surface area contributed by atoms with Gasteiger partial charge in [0.2, 0.25) is 5.91 Å². The van der Waals surface area contributed by atoms with Crippen LogP contribution in [0.15, 0.2) is 48.7 Å². The number of aryl methyl sites for hydroxylation is 1. The van der Waals surface area contributed by atoms with Gasteiger partial charge in [0.1, 0.15) is 5.54 Å². The van der Waals surface area contributed by atoms with Gasteiger partial charge in [-0.3, -0.25) is 4.79 Å². The van der Waals surface area contributed by atoms with Crippen molar-refractivity contribution in [2.75, 3.05) is 11.9 Å². The average molecular weight is 395 g/mol. The Morgan fingerprint density at radius 1 is 1.31 bits per heavy atom. The van der Waals surface area contributed by atoms with Crippen LogP contribution in [-0.2, 0) is 4.79 Å². The molecule has 0 bridgehead atoms. The molecule has 1 heterocycles. The molecule has 2 aromatic carbocycles. The summed E-state index contributed by atoms with van der Waals surface area (Å²) in [6.45, 7) is 3.08. The molecule has 4 N–H and O–H groups in total. The number of carbonyl (C=O) groups is 1. The zero-order chi connectivity index (χ0) is 17.3. The lowest BCUT2D eigenvalue weighted by Crippen LogP contribution is -2.51. The van der Waals surface area contributed by atoms with Crippen molar-refractivity contribution < 1.29 is 9.90 Å². The average Bonchev–Trinajstić information content (AvgIpc) is 2.98. The normalized spacial score (nSPS) is 12.6. The SMILES string of the molecule is Cc1cccc(-n2ncc3ccc(NC(=O)[C@](C)(N)CO)cc32)c1.Cl.S. The third-order valence-electron chi connectivity index (χ3n) is 3.92. The second kappa shape index (κ2) is 8.55. The number of hydrogen-bond donors (Lipinski definition) is 3. The summed E-state index contributed by atoms with van der Waals surface area (Å²) in [6.07, 6.45) is 1.78. The van der Waals surface area contributed by atoms with Crippen LogP contribution in [0, 0.1) is 6.92 Å². The van der Waals surface area contributed by atoms with Gasteiger partial charge in [-0.05, 0) is 49.7 Å². The van der Waals surface area contributed by atoms with Gasteiger partial charge in [0, 0.05) is 11.1 Å². The number of hydrogen-bond acceptors (Lipinski definition) is 4. The van der Waals surface area contributed by atoms with Crippen LogP contribution in [0.4, 0.5) is 5.69 Å². The number of nitrogens with two attached hydrogens (primary N) is 1. The van der Waals surface area contributed by atoms with Gasteiger partial charge in [0.05, 0.1) is 24.0 Å². The van der Waals surface area contributed by atoms with Crippen molar-refractivity contribution >= 4 is 48.4 Å². The second-order valence-corrected chi connectivity index (χ2v) is 6.20. The van der Waals surface area contributed by atoms with Gasteiger partial charge < -0.3 is 16.2 Å². The van der Waals surface area contributed by atoms with E-state index >= 15 is 0 Å². The van der Waals surface area contributed by atoms with Crippen LogP contribution >= 0.6 is 25.9 Å². The molecule has 0 saturated carbocycles. The molecule has 6 nitrogen and oxygen atoms in total. The van der Waals surface area contributed by atoms with Crippen LogP contribution in [0.25, 0.3) is 16.6 Å². The van der Waals surface area contributed by atoms with Crippen LogP contribution in [0.3, 0.4) is 0 Å². The first-order valence-corrected chi connectivity index (χ1v) is 7.67. The second-order valence-electron chi connectivity index (χ2n) is 6.20. The molecular formula is C18H23ClN4O2S. The fraction of sp³-hybridized carbons (Fsp3) is 0.222. The summed E-state index contributed by atoms with van der Waals surface area (Å²) in [5.41, 5.74) is 8.00. The molecule has 3 aromatic rings. The first-order chi connectivity index (χ1) is 11.4. The number of nitrogens with zero attached hydrogens (tertiary/aromatic N) is 2. The lowest BCUT2D eigenvalue weighted by Gasteiger charge is -2.20. The Bertz CT molecular complexity index is 911. The van der Waals surface area contributed by atoms with Gasteiger partial charge in [-0.15, -0.1) is 12.4 Å². The minimum atomic E-state index is -1.33. The van der Waals surface area contributed by atoms with Crippen molar-refractivity contribution in [1.29, 1.82) is 0 Å². The maximum atomic E-state index is 12.1. The molecular weight excluding hydrogens is 372 g/mol. The Morgan fingerprint density at radius 3 is 2.69 bits per heavy atom. The van der Waals surface area contributed by atoms with Gasteiger partial charge in [0.25, 0.3) is 0 Å². The first kappa shape index (κ1) is 22.0.